The van der Waals surface area contributed by atoms with Gasteiger partial charge in [0.15, 0.2) is 12.4 Å². The summed E-state index contributed by atoms with van der Waals surface area (Å²) >= 11 is 6.32. The van der Waals surface area contributed by atoms with Crippen LogP contribution in [0, 0.1) is 0 Å². The van der Waals surface area contributed by atoms with Crippen LogP contribution < -0.4 is 14.8 Å². The maximum atomic E-state index is 12.3. The number of carbonyl (C=O) groups is 1. The Morgan fingerprint density at radius 2 is 1.77 bits per heavy atom. The average molecular weight is 435 g/mol. The number of nitrogens with zero attached hydrogens (tertiary/aromatic N) is 2. The van der Waals surface area contributed by atoms with Crippen molar-refractivity contribution in [3.8, 4) is 34.0 Å². The molecule has 1 aromatic heterocycles. The first kappa shape index (κ1) is 20.4. The maximum absolute atomic E-state index is 12.3. The van der Waals surface area contributed by atoms with Gasteiger partial charge in [0.1, 0.15) is 11.5 Å². The van der Waals surface area contributed by atoms with Crippen LogP contribution >= 0.6 is 11.6 Å². The van der Waals surface area contributed by atoms with Gasteiger partial charge in [0.25, 0.3) is 5.91 Å². The third-order valence-corrected chi connectivity index (χ3v) is 4.79. The van der Waals surface area contributed by atoms with Crippen LogP contribution in [0.25, 0.3) is 22.5 Å². The highest BCUT2D eigenvalue weighted by Gasteiger charge is 2.13. The molecule has 0 radical (unpaired) electrons. The van der Waals surface area contributed by atoms with E-state index in [4.69, 9.17) is 21.1 Å². The van der Waals surface area contributed by atoms with Gasteiger partial charge in [0.05, 0.1) is 17.7 Å². The molecule has 0 unspecified atom stereocenters. The number of aromatic nitrogens is 3. The Hall–Kier alpha value is -3.84. The Balaban J connectivity index is 1.37. The van der Waals surface area contributed by atoms with E-state index in [1.54, 1.807) is 19.2 Å². The number of anilines is 1. The van der Waals surface area contributed by atoms with Gasteiger partial charge >= 0.3 is 0 Å². The van der Waals surface area contributed by atoms with Crippen LogP contribution in [-0.2, 0) is 4.79 Å². The minimum absolute atomic E-state index is 0.139. The summed E-state index contributed by atoms with van der Waals surface area (Å²) in [7, 11) is 1.58. The van der Waals surface area contributed by atoms with Gasteiger partial charge in [-0.3, -0.25) is 15.2 Å². The lowest BCUT2D eigenvalue weighted by atomic mass is 10.1. The second kappa shape index (κ2) is 9.32. The van der Waals surface area contributed by atoms with Crippen molar-refractivity contribution in [1.29, 1.82) is 0 Å². The van der Waals surface area contributed by atoms with E-state index in [0.717, 1.165) is 16.7 Å². The number of rotatable bonds is 7. The minimum Gasteiger partial charge on any atom is -0.496 e. The molecule has 0 saturated heterocycles. The Bertz CT molecular complexity index is 1190. The molecule has 2 N–H and O–H groups in total. The van der Waals surface area contributed by atoms with E-state index in [1.807, 2.05) is 60.7 Å². The maximum Gasteiger partial charge on any atom is 0.264 e. The van der Waals surface area contributed by atoms with Crippen LogP contribution in [0.15, 0.2) is 72.8 Å². The molecular weight excluding hydrogens is 416 g/mol. The number of halogens is 1. The second-order valence-corrected chi connectivity index (χ2v) is 6.96. The molecule has 0 aliphatic heterocycles. The molecule has 0 bridgehead atoms. The Labute approximate surface area is 184 Å². The van der Waals surface area contributed by atoms with E-state index < -0.39 is 5.91 Å². The van der Waals surface area contributed by atoms with Crippen LogP contribution in [0.1, 0.15) is 0 Å². The number of amides is 1. The standard InChI is InChI=1S/C23H19ClN4O3/c1-30-19-10-6-5-9-17(19)22-26-23(28-27-22)25-21(29)14-31-20-12-11-16(13-18(20)24)15-7-3-2-4-8-15/h2-13H,14H2,1H3,(H2,25,26,27,28,29). The Morgan fingerprint density at radius 3 is 2.55 bits per heavy atom. The quantitative estimate of drug-likeness (QED) is 0.435. The fraction of sp³-hybridized carbons (Fsp3) is 0.0870. The molecule has 1 amide bonds. The summed E-state index contributed by atoms with van der Waals surface area (Å²) in [5, 5.41) is 9.83. The number of para-hydroxylation sites is 1. The van der Waals surface area contributed by atoms with Gasteiger partial charge in [-0.25, -0.2) is 0 Å². The zero-order chi connectivity index (χ0) is 21.6. The summed E-state index contributed by atoms with van der Waals surface area (Å²) in [5.41, 5.74) is 2.75. The van der Waals surface area contributed by atoms with Crippen molar-refractivity contribution in [2.75, 3.05) is 19.0 Å². The van der Waals surface area contributed by atoms with Gasteiger partial charge < -0.3 is 9.47 Å². The van der Waals surface area contributed by atoms with Crippen LogP contribution in [0.3, 0.4) is 0 Å². The van der Waals surface area contributed by atoms with Crippen LogP contribution in [-0.4, -0.2) is 34.8 Å². The van der Waals surface area contributed by atoms with E-state index >= 15 is 0 Å². The van der Waals surface area contributed by atoms with Crippen molar-refractivity contribution in [3.05, 3.63) is 77.8 Å². The lowest BCUT2D eigenvalue weighted by molar-refractivity contribution is -0.118. The molecule has 31 heavy (non-hydrogen) atoms. The van der Waals surface area contributed by atoms with Gasteiger partial charge in [-0.05, 0) is 35.4 Å². The number of nitrogens with one attached hydrogen (secondary N) is 2. The number of methoxy groups -OCH3 is 1. The molecule has 4 rings (SSSR count). The van der Waals surface area contributed by atoms with Gasteiger partial charge in [0, 0.05) is 0 Å². The Kier molecular flexibility index (Phi) is 6.14. The summed E-state index contributed by atoms with van der Waals surface area (Å²) in [6, 6.07) is 22.7. The largest absolute Gasteiger partial charge is 0.496 e. The first-order valence-electron chi connectivity index (χ1n) is 9.47. The highest BCUT2D eigenvalue weighted by molar-refractivity contribution is 6.32. The fourth-order valence-electron chi connectivity index (χ4n) is 3.01. The molecule has 0 spiro atoms. The van der Waals surface area contributed by atoms with Crippen molar-refractivity contribution < 1.29 is 14.3 Å². The highest BCUT2D eigenvalue weighted by atomic mass is 35.5. The molecule has 0 atom stereocenters. The zero-order valence-electron chi connectivity index (χ0n) is 16.6. The molecule has 0 aliphatic carbocycles. The zero-order valence-corrected chi connectivity index (χ0v) is 17.4. The van der Waals surface area contributed by atoms with E-state index in [0.29, 0.717) is 22.3 Å². The van der Waals surface area contributed by atoms with E-state index in [1.165, 1.54) is 0 Å². The monoisotopic (exact) mass is 434 g/mol. The SMILES string of the molecule is COc1ccccc1-c1nc(NC(=O)COc2ccc(-c3ccccc3)cc2Cl)n[nH]1. The van der Waals surface area contributed by atoms with Crippen molar-refractivity contribution in [1.82, 2.24) is 15.2 Å². The smallest absolute Gasteiger partial charge is 0.264 e. The van der Waals surface area contributed by atoms with Crippen molar-refractivity contribution in [3.63, 3.8) is 0 Å². The first-order chi connectivity index (χ1) is 15.1. The third kappa shape index (κ3) is 4.84. The normalized spacial score (nSPS) is 10.5. The summed E-state index contributed by atoms with van der Waals surface area (Å²) in [6.07, 6.45) is 0. The summed E-state index contributed by atoms with van der Waals surface area (Å²) in [5.74, 6) is 1.27. The predicted molar refractivity (Wildman–Crippen MR) is 119 cm³/mol. The van der Waals surface area contributed by atoms with Gasteiger partial charge in [-0.15, -0.1) is 5.10 Å². The molecule has 0 fully saturated rings. The number of carbonyl (C=O) groups excluding carboxylic acids is 1. The number of hydrogen-bond acceptors (Lipinski definition) is 5. The lowest BCUT2D eigenvalue weighted by Gasteiger charge is -2.09. The van der Waals surface area contributed by atoms with Crippen molar-refractivity contribution in [2.45, 2.75) is 0 Å². The third-order valence-electron chi connectivity index (χ3n) is 4.50. The predicted octanol–water partition coefficient (Wildman–Crippen LogP) is 4.82. The number of hydrogen-bond donors (Lipinski definition) is 2. The van der Waals surface area contributed by atoms with Crippen LogP contribution in [0.5, 0.6) is 11.5 Å². The number of aromatic amines is 1. The van der Waals surface area contributed by atoms with Gasteiger partial charge in [0.2, 0.25) is 5.95 Å². The minimum atomic E-state index is -0.409. The van der Waals surface area contributed by atoms with Crippen molar-refractivity contribution in [2.24, 2.45) is 0 Å². The molecule has 0 saturated carbocycles. The number of benzene rings is 3. The number of H-pyrrole nitrogens is 1. The van der Waals surface area contributed by atoms with E-state index in [9.17, 15) is 4.79 Å². The molecule has 7 nitrogen and oxygen atoms in total. The average Bonchev–Trinajstić information content (AvgIpc) is 3.27. The Morgan fingerprint density at radius 1 is 1.00 bits per heavy atom. The molecule has 1 heterocycles. The second-order valence-electron chi connectivity index (χ2n) is 6.56. The summed E-state index contributed by atoms with van der Waals surface area (Å²) < 4.78 is 10.9. The molecule has 4 aromatic rings. The van der Waals surface area contributed by atoms with Gasteiger partial charge in [-0.2, -0.15) is 4.98 Å². The molecule has 156 valence electrons. The fourth-order valence-corrected chi connectivity index (χ4v) is 3.25. The van der Waals surface area contributed by atoms with E-state index in [-0.39, 0.29) is 12.6 Å². The molecule has 8 heteroatoms. The highest BCUT2D eigenvalue weighted by Crippen LogP contribution is 2.30. The number of ether oxygens (including phenoxy) is 2. The van der Waals surface area contributed by atoms with Crippen LogP contribution in [0.2, 0.25) is 5.02 Å². The molecule has 0 aliphatic rings. The summed E-state index contributed by atoms with van der Waals surface area (Å²) in [6.45, 7) is -0.233. The first-order valence-corrected chi connectivity index (χ1v) is 9.85. The van der Waals surface area contributed by atoms with E-state index in [2.05, 4.69) is 20.5 Å². The lowest BCUT2D eigenvalue weighted by Crippen LogP contribution is -2.21. The molecule has 3 aromatic carbocycles. The van der Waals surface area contributed by atoms with Crippen LogP contribution in [0.4, 0.5) is 5.95 Å². The topological polar surface area (TPSA) is 89.1 Å². The molecular formula is C23H19ClN4O3. The van der Waals surface area contributed by atoms with Crippen molar-refractivity contribution >= 4 is 23.5 Å². The summed E-state index contributed by atoms with van der Waals surface area (Å²) in [4.78, 5) is 16.5. The van der Waals surface area contributed by atoms with Gasteiger partial charge in [-0.1, -0.05) is 60.1 Å².